The van der Waals surface area contributed by atoms with Crippen molar-refractivity contribution in [3.8, 4) is 6.07 Å². The van der Waals surface area contributed by atoms with Crippen molar-refractivity contribution < 1.29 is 4.79 Å². The molecule has 1 aromatic carbocycles. The summed E-state index contributed by atoms with van der Waals surface area (Å²) in [4.78, 5) is 19.5. The number of fused-ring (bicyclic) bond motifs is 1. The Morgan fingerprint density at radius 2 is 2.12 bits per heavy atom. The van der Waals surface area contributed by atoms with Gasteiger partial charge in [-0.25, -0.2) is 0 Å². The minimum absolute atomic E-state index is 0.0857. The molecule has 2 aliphatic rings. The maximum Gasteiger partial charge on any atom is 0.239 e. The van der Waals surface area contributed by atoms with E-state index in [0.717, 1.165) is 42.4 Å². The third kappa shape index (κ3) is 3.17. The van der Waals surface area contributed by atoms with Crippen LogP contribution in [0.1, 0.15) is 43.4 Å². The van der Waals surface area contributed by atoms with Crippen molar-refractivity contribution in [3.05, 3.63) is 41.6 Å². The molecule has 5 nitrogen and oxygen atoms in total. The highest BCUT2D eigenvalue weighted by molar-refractivity contribution is 5.84. The molecule has 1 aliphatic heterocycles. The lowest BCUT2D eigenvalue weighted by Crippen LogP contribution is -2.50. The van der Waals surface area contributed by atoms with Gasteiger partial charge in [0.15, 0.2) is 0 Å². The van der Waals surface area contributed by atoms with Crippen LogP contribution in [0.4, 0.5) is 0 Å². The molecule has 26 heavy (non-hydrogen) atoms. The second-order valence-electron chi connectivity index (χ2n) is 7.87. The summed E-state index contributed by atoms with van der Waals surface area (Å²) in [6.45, 7) is 3.61. The van der Waals surface area contributed by atoms with E-state index in [4.69, 9.17) is 10.7 Å². The molecule has 2 heterocycles. The van der Waals surface area contributed by atoms with Gasteiger partial charge in [0.25, 0.3) is 0 Å². The molecule has 0 spiro atoms. The highest BCUT2D eigenvalue weighted by atomic mass is 16.2. The summed E-state index contributed by atoms with van der Waals surface area (Å²) < 4.78 is 0. The first-order valence-corrected chi connectivity index (χ1v) is 9.41. The Bertz CT molecular complexity index is 883. The van der Waals surface area contributed by atoms with E-state index in [1.54, 1.807) is 6.07 Å². The average molecular weight is 348 g/mol. The number of nitrogens with zero attached hydrogens (tertiary/aromatic N) is 3. The van der Waals surface area contributed by atoms with E-state index in [0.29, 0.717) is 23.9 Å². The van der Waals surface area contributed by atoms with Crippen LogP contribution in [0.25, 0.3) is 10.9 Å². The lowest BCUT2D eigenvalue weighted by Gasteiger charge is -2.37. The molecule has 1 saturated heterocycles. The fraction of sp³-hybridized carbons (Fsp3) is 0.476. The van der Waals surface area contributed by atoms with Crippen molar-refractivity contribution >= 4 is 16.8 Å². The van der Waals surface area contributed by atoms with Gasteiger partial charge in [0, 0.05) is 30.1 Å². The van der Waals surface area contributed by atoms with Gasteiger partial charge in [-0.3, -0.25) is 9.78 Å². The summed E-state index contributed by atoms with van der Waals surface area (Å²) in [5, 5.41) is 10.3. The summed E-state index contributed by atoms with van der Waals surface area (Å²) in [7, 11) is 0. The average Bonchev–Trinajstić information content (AvgIpc) is 3.50. The van der Waals surface area contributed by atoms with Crippen molar-refractivity contribution in [2.75, 3.05) is 13.1 Å². The van der Waals surface area contributed by atoms with Gasteiger partial charge < -0.3 is 10.6 Å². The van der Waals surface area contributed by atoms with Crippen molar-refractivity contribution in [1.82, 2.24) is 9.88 Å². The zero-order valence-corrected chi connectivity index (χ0v) is 15.1. The van der Waals surface area contributed by atoms with Crippen LogP contribution in [-0.4, -0.2) is 34.9 Å². The molecule has 1 saturated carbocycles. The molecule has 1 aliphatic carbocycles. The van der Waals surface area contributed by atoms with E-state index < -0.39 is 0 Å². The maximum atomic E-state index is 12.8. The third-order valence-corrected chi connectivity index (χ3v) is 5.67. The Kier molecular flexibility index (Phi) is 4.37. The van der Waals surface area contributed by atoms with Gasteiger partial charge in [0.05, 0.1) is 17.1 Å². The number of nitrogens with two attached hydrogens (primary N) is 1. The second-order valence-corrected chi connectivity index (χ2v) is 7.87. The lowest BCUT2D eigenvalue weighted by atomic mass is 9.87. The number of rotatable bonds is 3. The quantitative estimate of drug-likeness (QED) is 0.924. The van der Waals surface area contributed by atoms with Crippen LogP contribution in [0.2, 0.25) is 0 Å². The normalized spacial score (nSPS) is 24.3. The molecular formula is C21H24N4O. The van der Waals surface area contributed by atoms with Gasteiger partial charge in [-0.1, -0.05) is 25.1 Å². The number of nitriles is 1. The van der Waals surface area contributed by atoms with E-state index in [9.17, 15) is 10.1 Å². The first kappa shape index (κ1) is 17.0. The third-order valence-electron chi connectivity index (χ3n) is 5.67. The number of aromatic nitrogens is 1. The summed E-state index contributed by atoms with van der Waals surface area (Å²) in [6, 6.07) is 11.6. The lowest BCUT2D eigenvalue weighted by molar-refractivity contribution is -0.135. The number of benzene rings is 1. The monoisotopic (exact) mass is 348 g/mol. The van der Waals surface area contributed by atoms with Crippen LogP contribution in [-0.2, 0) is 4.79 Å². The topological polar surface area (TPSA) is 83.0 Å². The van der Waals surface area contributed by atoms with Gasteiger partial charge in [-0.05, 0) is 43.2 Å². The van der Waals surface area contributed by atoms with Gasteiger partial charge in [-0.2, -0.15) is 5.26 Å². The van der Waals surface area contributed by atoms with E-state index >= 15 is 0 Å². The number of hydrogen-bond acceptors (Lipinski definition) is 4. The molecule has 1 amide bonds. The predicted octanol–water partition coefficient (Wildman–Crippen LogP) is 2.80. The number of para-hydroxylation sites is 1. The highest BCUT2D eigenvalue weighted by Crippen LogP contribution is 2.35. The Morgan fingerprint density at radius 3 is 2.85 bits per heavy atom. The van der Waals surface area contributed by atoms with Crippen molar-refractivity contribution in [2.24, 2.45) is 17.6 Å². The summed E-state index contributed by atoms with van der Waals surface area (Å²) >= 11 is 0. The van der Waals surface area contributed by atoms with Crippen LogP contribution in [0.5, 0.6) is 0 Å². The van der Waals surface area contributed by atoms with E-state index in [2.05, 4.69) is 13.0 Å². The van der Waals surface area contributed by atoms with E-state index in [1.165, 1.54) is 0 Å². The number of likely N-dealkylation sites (tertiary alicyclic amines) is 1. The number of hydrogen-bond donors (Lipinski definition) is 1. The molecule has 4 rings (SSSR count). The van der Waals surface area contributed by atoms with Gasteiger partial charge in [0.1, 0.15) is 6.07 Å². The standard InChI is InChI=1S/C21H24N4O/c1-13-9-17(12-25(11-13)21(26)19(23)14-5-6-14)18-8-7-15-3-2-4-16(10-22)20(15)24-18/h2-4,7-8,13-14,17,19H,5-6,9,11-12,23H2,1H3/t13-,17+,19-/m0/s1. The predicted molar refractivity (Wildman–Crippen MR) is 100 cm³/mol. The minimum Gasteiger partial charge on any atom is -0.340 e. The van der Waals surface area contributed by atoms with E-state index in [-0.39, 0.29) is 17.9 Å². The Morgan fingerprint density at radius 1 is 1.31 bits per heavy atom. The largest absolute Gasteiger partial charge is 0.340 e. The molecule has 3 atom stereocenters. The minimum atomic E-state index is -0.351. The highest BCUT2D eigenvalue weighted by Gasteiger charge is 2.38. The molecule has 0 unspecified atom stereocenters. The van der Waals surface area contributed by atoms with Crippen molar-refractivity contribution in [3.63, 3.8) is 0 Å². The SMILES string of the molecule is C[C@H]1C[C@@H](c2ccc3cccc(C#N)c3n2)CN(C(=O)[C@@H](N)C2CC2)C1. The Hall–Kier alpha value is -2.45. The van der Waals surface area contributed by atoms with Crippen LogP contribution < -0.4 is 5.73 Å². The second kappa shape index (κ2) is 6.69. The molecule has 134 valence electrons. The molecule has 1 aromatic heterocycles. The van der Waals surface area contributed by atoms with Crippen LogP contribution in [0.3, 0.4) is 0 Å². The molecule has 5 heteroatoms. The number of carbonyl (C=O) groups is 1. The number of amides is 1. The maximum absolute atomic E-state index is 12.8. The number of pyridine rings is 1. The fourth-order valence-electron chi connectivity index (χ4n) is 4.09. The molecule has 0 radical (unpaired) electrons. The summed E-state index contributed by atoms with van der Waals surface area (Å²) in [5.41, 5.74) is 8.46. The van der Waals surface area contributed by atoms with Crippen molar-refractivity contribution in [1.29, 1.82) is 5.26 Å². The van der Waals surface area contributed by atoms with Crippen LogP contribution in [0, 0.1) is 23.2 Å². The summed E-state index contributed by atoms with van der Waals surface area (Å²) in [6.07, 6.45) is 3.14. The molecule has 0 bridgehead atoms. The van der Waals surface area contributed by atoms with Crippen molar-refractivity contribution in [2.45, 2.75) is 38.1 Å². The molecular weight excluding hydrogens is 324 g/mol. The molecule has 2 fully saturated rings. The Balaban J connectivity index is 1.61. The zero-order chi connectivity index (χ0) is 18.3. The first-order valence-electron chi connectivity index (χ1n) is 9.41. The smallest absolute Gasteiger partial charge is 0.239 e. The summed E-state index contributed by atoms with van der Waals surface area (Å²) in [5.74, 6) is 1.05. The molecule has 2 N–H and O–H groups in total. The fourth-order valence-corrected chi connectivity index (χ4v) is 4.09. The van der Waals surface area contributed by atoms with E-state index in [1.807, 2.05) is 29.2 Å². The van der Waals surface area contributed by atoms with Gasteiger partial charge in [0.2, 0.25) is 5.91 Å². The number of carbonyl (C=O) groups excluding carboxylic acids is 1. The van der Waals surface area contributed by atoms with Gasteiger partial charge in [-0.15, -0.1) is 0 Å². The first-order chi connectivity index (χ1) is 12.6. The van der Waals surface area contributed by atoms with Crippen LogP contribution >= 0.6 is 0 Å². The Labute approximate surface area is 153 Å². The van der Waals surface area contributed by atoms with Gasteiger partial charge >= 0.3 is 0 Å². The number of piperidine rings is 1. The molecule has 2 aromatic rings. The van der Waals surface area contributed by atoms with Crippen LogP contribution in [0.15, 0.2) is 30.3 Å². The zero-order valence-electron chi connectivity index (χ0n) is 15.1.